The number of allylic oxidation sites excluding steroid dienone is 2. The molecule has 1 aliphatic rings. The molecule has 0 amide bonds. The summed E-state index contributed by atoms with van der Waals surface area (Å²) in [5.41, 5.74) is 9.13. The molecule has 0 spiro atoms. The van der Waals surface area contributed by atoms with Gasteiger partial charge < -0.3 is 0 Å². The van der Waals surface area contributed by atoms with Crippen LogP contribution in [0.15, 0.2) is 54.1 Å². The van der Waals surface area contributed by atoms with Crippen molar-refractivity contribution in [3.05, 3.63) is 76.4 Å². The zero-order chi connectivity index (χ0) is 15.7. The van der Waals surface area contributed by atoms with Crippen molar-refractivity contribution in [3.63, 3.8) is 0 Å². The van der Waals surface area contributed by atoms with Crippen LogP contribution in [-0.2, 0) is 12.8 Å². The molecule has 0 unspecified atom stereocenters. The van der Waals surface area contributed by atoms with Crippen molar-refractivity contribution < 1.29 is 0 Å². The summed E-state index contributed by atoms with van der Waals surface area (Å²) in [5.74, 6) is 0. The number of hydrogen-bond acceptors (Lipinski definition) is 0. The van der Waals surface area contributed by atoms with Gasteiger partial charge in [-0.25, -0.2) is 0 Å². The number of hydrogen-bond donors (Lipinski definition) is 0. The van der Waals surface area contributed by atoms with E-state index in [1.54, 1.807) is 11.1 Å². The van der Waals surface area contributed by atoms with Gasteiger partial charge in [0.25, 0.3) is 0 Å². The van der Waals surface area contributed by atoms with E-state index in [2.05, 4.69) is 75.1 Å². The van der Waals surface area contributed by atoms with Gasteiger partial charge in [0.1, 0.15) is 0 Å². The Morgan fingerprint density at radius 2 is 1.59 bits per heavy atom. The van der Waals surface area contributed by atoms with Gasteiger partial charge in [-0.15, -0.1) is 0 Å². The second kappa shape index (κ2) is 5.89. The third-order valence-corrected chi connectivity index (χ3v) is 5.83. The summed E-state index contributed by atoms with van der Waals surface area (Å²) in [6, 6.07) is 19.3. The minimum atomic E-state index is -1.12. The van der Waals surface area contributed by atoms with E-state index in [4.69, 9.17) is 0 Å². The van der Waals surface area contributed by atoms with Crippen molar-refractivity contribution in [2.75, 3.05) is 0 Å². The summed E-state index contributed by atoms with van der Waals surface area (Å²) in [6.45, 7) is 9.59. The lowest BCUT2D eigenvalue weighted by Gasteiger charge is -2.19. The molecule has 0 radical (unpaired) electrons. The molecule has 22 heavy (non-hydrogen) atoms. The van der Waals surface area contributed by atoms with Crippen LogP contribution >= 0.6 is 0 Å². The first-order valence-electron chi connectivity index (χ1n) is 8.27. The van der Waals surface area contributed by atoms with Gasteiger partial charge in [0, 0.05) is 8.07 Å². The lowest BCUT2D eigenvalue weighted by atomic mass is 10.0. The van der Waals surface area contributed by atoms with Gasteiger partial charge in [0.15, 0.2) is 0 Å². The van der Waals surface area contributed by atoms with E-state index in [0.717, 1.165) is 12.8 Å². The SMILES string of the molecule is Cc1ccc(CC2=C(C[Si](C)(C)C)c3ccccc3C2)cc1. The molecule has 1 heteroatoms. The van der Waals surface area contributed by atoms with E-state index in [1.165, 1.54) is 28.3 Å². The molecular formula is C21H26Si. The highest BCUT2D eigenvalue weighted by Crippen LogP contribution is 2.39. The first kappa shape index (κ1) is 15.3. The van der Waals surface area contributed by atoms with Crippen LogP contribution in [0.5, 0.6) is 0 Å². The topological polar surface area (TPSA) is 0 Å². The van der Waals surface area contributed by atoms with Crippen LogP contribution in [-0.4, -0.2) is 8.07 Å². The summed E-state index contributed by atoms with van der Waals surface area (Å²) < 4.78 is 0. The van der Waals surface area contributed by atoms with Crippen molar-refractivity contribution in [1.29, 1.82) is 0 Å². The molecular weight excluding hydrogens is 280 g/mol. The summed E-state index contributed by atoms with van der Waals surface area (Å²) in [6.07, 6.45) is 2.25. The molecule has 0 fully saturated rings. The third-order valence-electron chi connectivity index (χ3n) is 4.42. The van der Waals surface area contributed by atoms with Crippen molar-refractivity contribution >= 4 is 13.6 Å². The Morgan fingerprint density at radius 3 is 2.27 bits per heavy atom. The molecule has 2 aromatic carbocycles. The Kier molecular flexibility index (Phi) is 4.09. The van der Waals surface area contributed by atoms with E-state index in [1.807, 2.05) is 0 Å². The van der Waals surface area contributed by atoms with Crippen LogP contribution in [0.3, 0.4) is 0 Å². The molecule has 0 heterocycles. The maximum atomic E-state index is 2.48. The van der Waals surface area contributed by atoms with E-state index in [0.29, 0.717) is 0 Å². The Hall–Kier alpha value is -1.60. The summed E-state index contributed by atoms with van der Waals surface area (Å²) in [7, 11) is -1.12. The zero-order valence-corrected chi connectivity index (χ0v) is 15.2. The Balaban J connectivity index is 1.95. The largest absolute Gasteiger partial charge is 0.0693 e. The Bertz CT molecular complexity index is 699. The lowest BCUT2D eigenvalue weighted by molar-refractivity contribution is 1.06. The minimum Gasteiger partial charge on any atom is -0.0693 e. The molecule has 0 saturated heterocycles. The quantitative estimate of drug-likeness (QED) is 0.618. The fourth-order valence-electron chi connectivity index (χ4n) is 3.37. The third kappa shape index (κ3) is 3.41. The second-order valence-corrected chi connectivity index (χ2v) is 13.3. The molecule has 0 aliphatic heterocycles. The predicted molar refractivity (Wildman–Crippen MR) is 100 cm³/mol. The summed E-state index contributed by atoms with van der Waals surface area (Å²) in [4.78, 5) is 0. The standard InChI is InChI=1S/C21H26Si/c1-16-9-11-17(12-10-16)13-19-14-18-7-5-6-8-20(18)21(19)15-22(2,3)4/h5-12H,13-15H2,1-4H3. The number of rotatable bonds is 4. The van der Waals surface area contributed by atoms with Gasteiger partial charge in [-0.05, 0) is 48.1 Å². The van der Waals surface area contributed by atoms with E-state index in [9.17, 15) is 0 Å². The maximum Gasteiger partial charge on any atom is 0.0487 e. The first-order chi connectivity index (χ1) is 10.4. The monoisotopic (exact) mass is 306 g/mol. The average molecular weight is 307 g/mol. The average Bonchev–Trinajstić information content (AvgIpc) is 2.78. The molecule has 2 aromatic rings. The zero-order valence-electron chi connectivity index (χ0n) is 14.2. The van der Waals surface area contributed by atoms with Crippen LogP contribution in [0.4, 0.5) is 0 Å². The van der Waals surface area contributed by atoms with Crippen molar-refractivity contribution in [2.45, 2.75) is 45.5 Å². The van der Waals surface area contributed by atoms with Crippen molar-refractivity contribution in [3.8, 4) is 0 Å². The fraction of sp³-hybridized carbons (Fsp3) is 0.333. The highest BCUT2D eigenvalue weighted by atomic mass is 28.3. The van der Waals surface area contributed by atoms with Gasteiger partial charge in [0.05, 0.1) is 0 Å². The highest BCUT2D eigenvalue weighted by Gasteiger charge is 2.25. The Morgan fingerprint density at radius 1 is 0.909 bits per heavy atom. The molecule has 114 valence electrons. The van der Waals surface area contributed by atoms with Crippen LogP contribution in [0, 0.1) is 6.92 Å². The smallest absolute Gasteiger partial charge is 0.0487 e. The van der Waals surface area contributed by atoms with Gasteiger partial charge >= 0.3 is 0 Å². The maximum absolute atomic E-state index is 2.48. The Labute approximate surface area is 135 Å². The summed E-state index contributed by atoms with van der Waals surface area (Å²) in [5, 5.41) is 0. The fourth-order valence-corrected chi connectivity index (χ4v) is 4.87. The molecule has 0 saturated carbocycles. The van der Waals surface area contributed by atoms with E-state index >= 15 is 0 Å². The molecule has 0 N–H and O–H groups in total. The van der Waals surface area contributed by atoms with Crippen LogP contribution in [0.2, 0.25) is 25.7 Å². The molecule has 3 rings (SSSR count). The molecule has 1 aliphatic carbocycles. The first-order valence-corrected chi connectivity index (χ1v) is 12.0. The lowest BCUT2D eigenvalue weighted by Crippen LogP contribution is -2.19. The normalized spacial score (nSPS) is 14.4. The van der Waals surface area contributed by atoms with Gasteiger partial charge in [-0.2, -0.15) is 0 Å². The number of aryl methyl sites for hydroxylation is 1. The van der Waals surface area contributed by atoms with Crippen molar-refractivity contribution in [1.82, 2.24) is 0 Å². The van der Waals surface area contributed by atoms with Gasteiger partial charge in [-0.3, -0.25) is 0 Å². The van der Waals surface area contributed by atoms with Crippen molar-refractivity contribution in [2.24, 2.45) is 0 Å². The molecule has 0 nitrogen and oxygen atoms in total. The van der Waals surface area contributed by atoms with E-state index < -0.39 is 8.07 Å². The number of fused-ring (bicyclic) bond motifs is 1. The van der Waals surface area contributed by atoms with Crippen LogP contribution < -0.4 is 0 Å². The predicted octanol–water partition coefficient (Wildman–Crippen LogP) is 5.89. The summed E-state index contributed by atoms with van der Waals surface area (Å²) >= 11 is 0. The van der Waals surface area contributed by atoms with Gasteiger partial charge in [-0.1, -0.05) is 79.3 Å². The molecule has 0 bridgehead atoms. The van der Waals surface area contributed by atoms with E-state index in [-0.39, 0.29) is 0 Å². The van der Waals surface area contributed by atoms with Crippen LogP contribution in [0.1, 0.15) is 22.3 Å². The highest BCUT2D eigenvalue weighted by molar-refractivity contribution is 6.77. The molecule has 0 atom stereocenters. The minimum absolute atomic E-state index is 1.11. The molecule has 0 aromatic heterocycles. The second-order valence-electron chi connectivity index (χ2n) is 7.82. The van der Waals surface area contributed by atoms with Gasteiger partial charge in [0.2, 0.25) is 0 Å². The number of benzene rings is 2. The van der Waals surface area contributed by atoms with Crippen LogP contribution in [0.25, 0.3) is 5.57 Å².